The van der Waals surface area contributed by atoms with Gasteiger partial charge < -0.3 is 10.1 Å². The van der Waals surface area contributed by atoms with Crippen molar-refractivity contribution >= 4 is 0 Å². The number of halogens is 2. The van der Waals surface area contributed by atoms with Gasteiger partial charge in [-0.2, -0.15) is 0 Å². The van der Waals surface area contributed by atoms with Gasteiger partial charge in [0.1, 0.15) is 5.82 Å². The SMILES string of the molecule is COc1cccc(CN[C@H](C)c2cccc(F)c2)c1F. The van der Waals surface area contributed by atoms with Gasteiger partial charge in [0, 0.05) is 18.2 Å². The first-order valence-corrected chi connectivity index (χ1v) is 6.42. The molecule has 0 spiro atoms. The standard InChI is InChI=1S/C16H17F2NO/c1-11(12-5-3-7-14(17)9-12)19-10-13-6-4-8-15(20-2)16(13)18/h3-9,11,19H,10H2,1-2H3/t11-/m1/s1. The van der Waals surface area contributed by atoms with Crippen LogP contribution in [0.5, 0.6) is 5.75 Å². The summed E-state index contributed by atoms with van der Waals surface area (Å²) < 4.78 is 32.1. The number of methoxy groups -OCH3 is 1. The molecular weight excluding hydrogens is 260 g/mol. The molecule has 2 aromatic carbocycles. The summed E-state index contributed by atoms with van der Waals surface area (Å²) in [6.07, 6.45) is 0. The zero-order chi connectivity index (χ0) is 14.5. The highest BCUT2D eigenvalue weighted by Crippen LogP contribution is 2.21. The lowest BCUT2D eigenvalue weighted by molar-refractivity contribution is 0.382. The van der Waals surface area contributed by atoms with Crippen LogP contribution in [0.2, 0.25) is 0 Å². The van der Waals surface area contributed by atoms with Crippen LogP contribution in [0, 0.1) is 11.6 Å². The van der Waals surface area contributed by atoms with E-state index in [0.29, 0.717) is 12.1 Å². The normalized spacial score (nSPS) is 12.2. The second-order valence-electron chi connectivity index (χ2n) is 4.59. The summed E-state index contributed by atoms with van der Waals surface area (Å²) in [6, 6.07) is 11.3. The van der Waals surface area contributed by atoms with Gasteiger partial charge in [-0.1, -0.05) is 24.3 Å². The predicted molar refractivity (Wildman–Crippen MR) is 74.6 cm³/mol. The molecule has 0 aromatic heterocycles. The molecule has 0 unspecified atom stereocenters. The first-order valence-electron chi connectivity index (χ1n) is 6.42. The maximum absolute atomic E-state index is 14.0. The molecule has 0 saturated heterocycles. The third kappa shape index (κ3) is 3.33. The number of ether oxygens (including phenoxy) is 1. The molecule has 0 aliphatic heterocycles. The molecule has 0 amide bonds. The summed E-state index contributed by atoms with van der Waals surface area (Å²) in [5.41, 5.74) is 1.35. The summed E-state index contributed by atoms with van der Waals surface area (Å²) in [7, 11) is 1.44. The third-order valence-electron chi connectivity index (χ3n) is 3.21. The topological polar surface area (TPSA) is 21.3 Å². The van der Waals surface area contributed by atoms with Gasteiger partial charge in [0.15, 0.2) is 11.6 Å². The minimum absolute atomic E-state index is 0.0729. The van der Waals surface area contributed by atoms with E-state index < -0.39 is 0 Å². The molecule has 0 bridgehead atoms. The van der Waals surface area contributed by atoms with Crippen LogP contribution in [0.1, 0.15) is 24.1 Å². The van der Waals surface area contributed by atoms with Crippen molar-refractivity contribution in [2.75, 3.05) is 7.11 Å². The first-order chi connectivity index (χ1) is 9.61. The minimum atomic E-state index is -0.367. The fraction of sp³-hybridized carbons (Fsp3) is 0.250. The van der Waals surface area contributed by atoms with E-state index in [-0.39, 0.29) is 23.4 Å². The van der Waals surface area contributed by atoms with Crippen LogP contribution < -0.4 is 10.1 Å². The van der Waals surface area contributed by atoms with E-state index in [9.17, 15) is 8.78 Å². The number of hydrogen-bond acceptors (Lipinski definition) is 2. The molecule has 0 aliphatic rings. The van der Waals surface area contributed by atoms with Crippen LogP contribution >= 0.6 is 0 Å². The Morgan fingerprint density at radius 1 is 1.15 bits per heavy atom. The van der Waals surface area contributed by atoms with Gasteiger partial charge in [-0.3, -0.25) is 0 Å². The van der Waals surface area contributed by atoms with Gasteiger partial charge in [0.25, 0.3) is 0 Å². The Balaban J connectivity index is 2.05. The molecular formula is C16H17F2NO. The Morgan fingerprint density at radius 3 is 2.60 bits per heavy atom. The van der Waals surface area contributed by atoms with Gasteiger partial charge >= 0.3 is 0 Å². The van der Waals surface area contributed by atoms with E-state index in [1.165, 1.54) is 19.2 Å². The average Bonchev–Trinajstić information content (AvgIpc) is 2.46. The van der Waals surface area contributed by atoms with Crippen molar-refractivity contribution in [1.29, 1.82) is 0 Å². The lowest BCUT2D eigenvalue weighted by Crippen LogP contribution is -2.19. The van der Waals surface area contributed by atoms with Crippen LogP contribution in [-0.2, 0) is 6.54 Å². The smallest absolute Gasteiger partial charge is 0.169 e. The van der Waals surface area contributed by atoms with Gasteiger partial charge in [-0.25, -0.2) is 8.78 Å². The van der Waals surface area contributed by atoms with Crippen LogP contribution in [0.15, 0.2) is 42.5 Å². The second-order valence-corrected chi connectivity index (χ2v) is 4.59. The number of nitrogens with one attached hydrogen (secondary N) is 1. The predicted octanol–water partition coefficient (Wildman–Crippen LogP) is 3.82. The van der Waals surface area contributed by atoms with Crippen molar-refractivity contribution in [3.63, 3.8) is 0 Å². The number of benzene rings is 2. The molecule has 0 saturated carbocycles. The highest BCUT2D eigenvalue weighted by atomic mass is 19.1. The molecule has 0 aliphatic carbocycles. The molecule has 2 rings (SSSR count). The van der Waals surface area contributed by atoms with E-state index in [4.69, 9.17) is 4.74 Å². The molecule has 0 radical (unpaired) electrons. The Morgan fingerprint density at radius 2 is 1.90 bits per heavy atom. The largest absolute Gasteiger partial charge is 0.494 e. The molecule has 0 fully saturated rings. The fourth-order valence-electron chi connectivity index (χ4n) is 2.01. The van der Waals surface area contributed by atoms with Crippen molar-refractivity contribution in [2.45, 2.75) is 19.5 Å². The summed E-state index contributed by atoms with van der Waals surface area (Å²) in [5, 5.41) is 3.17. The van der Waals surface area contributed by atoms with E-state index in [1.807, 2.05) is 13.0 Å². The highest BCUT2D eigenvalue weighted by molar-refractivity contribution is 5.31. The molecule has 1 N–H and O–H groups in total. The molecule has 2 nitrogen and oxygen atoms in total. The van der Waals surface area contributed by atoms with Crippen LogP contribution in [0.3, 0.4) is 0 Å². The van der Waals surface area contributed by atoms with Crippen molar-refractivity contribution in [2.24, 2.45) is 0 Å². The van der Waals surface area contributed by atoms with E-state index in [0.717, 1.165) is 5.56 Å². The van der Waals surface area contributed by atoms with Gasteiger partial charge in [0.2, 0.25) is 0 Å². The Labute approximate surface area is 117 Å². The second kappa shape index (κ2) is 6.48. The zero-order valence-corrected chi connectivity index (χ0v) is 11.5. The number of hydrogen-bond donors (Lipinski definition) is 1. The maximum atomic E-state index is 14.0. The third-order valence-corrected chi connectivity index (χ3v) is 3.21. The summed E-state index contributed by atoms with van der Waals surface area (Å²) in [6.45, 7) is 2.26. The van der Waals surface area contributed by atoms with Gasteiger partial charge in [0.05, 0.1) is 7.11 Å². The zero-order valence-electron chi connectivity index (χ0n) is 11.5. The Kier molecular flexibility index (Phi) is 4.69. The molecule has 0 heterocycles. The van der Waals surface area contributed by atoms with E-state index in [1.54, 1.807) is 24.3 Å². The van der Waals surface area contributed by atoms with Crippen molar-refractivity contribution in [3.05, 3.63) is 65.2 Å². The monoisotopic (exact) mass is 277 g/mol. The maximum Gasteiger partial charge on any atom is 0.169 e. The van der Waals surface area contributed by atoms with Crippen molar-refractivity contribution in [1.82, 2.24) is 5.32 Å². The Hall–Kier alpha value is -1.94. The van der Waals surface area contributed by atoms with Crippen LogP contribution in [-0.4, -0.2) is 7.11 Å². The number of rotatable bonds is 5. The Bertz CT molecular complexity index is 586. The summed E-state index contributed by atoms with van der Waals surface area (Å²) in [5.74, 6) is -0.416. The summed E-state index contributed by atoms with van der Waals surface area (Å²) in [4.78, 5) is 0. The quantitative estimate of drug-likeness (QED) is 0.897. The van der Waals surface area contributed by atoms with Crippen molar-refractivity contribution in [3.8, 4) is 5.75 Å². The molecule has 106 valence electrons. The molecule has 1 atom stereocenters. The van der Waals surface area contributed by atoms with Gasteiger partial charge in [-0.15, -0.1) is 0 Å². The van der Waals surface area contributed by atoms with Crippen molar-refractivity contribution < 1.29 is 13.5 Å². The van der Waals surface area contributed by atoms with E-state index in [2.05, 4.69) is 5.32 Å². The lowest BCUT2D eigenvalue weighted by atomic mass is 10.1. The van der Waals surface area contributed by atoms with E-state index >= 15 is 0 Å². The van der Waals surface area contributed by atoms with Gasteiger partial charge in [-0.05, 0) is 30.7 Å². The molecule has 4 heteroatoms. The summed E-state index contributed by atoms with van der Waals surface area (Å²) >= 11 is 0. The first kappa shape index (κ1) is 14.5. The average molecular weight is 277 g/mol. The lowest BCUT2D eigenvalue weighted by Gasteiger charge is -2.15. The fourth-order valence-corrected chi connectivity index (χ4v) is 2.01. The van der Waals surface area contributed by atoms with Crippen LogP contribution in [0.25, 0.3) is 0 Å². The molecule has 20 heavy (non-hydrogen) atoms. The minimum Gasteiger partial charge on any atom is -0.494 e. The highest BCUT2D eigenvalue weighted by Gasteiger charge is 2.10. The van der Waals surface area contributed by atoms with Crippen LogP contribution in [0.4, 0.5) is 8.78 Å². The molecule has 2 aromatic rings.